The van der Waals surface area contributed by atoms with E-state index in [1.54, 1.807) is 42.5 Å². The third-order valence-electron chi connectivity index (χ3n) is 2.97. The van der Waals surface area contributed by atoms with Gasteiger partial charge in [-0.2, -0.15) is 4.31 Å². The van der Waals surface area contributed by atoms with Gasteiger partial charge in [0.25, 0.3) is 10.0 Å². The lowest BCUT2D eigenvalue weighted by Gasteiger charge is -2.20. The molecule has 0 aliphatic heterocycles. The average molecular weight is 313 g/mol. The third-order valence-corrected chi connectivity index (χ3v) is 4.69. The summed E-state index contributed by atoms with van der Waals surface area (Å²) in [7, 11) is -4.01. The molecular weight excluding hydrogens is 298 g/mol. The predicted molar refractivity (Wildman–Crippen MR) is 85.7 cm³/mol. The van der Waals surface area contributed by atoms with Gasteiger partial charge in [0.05, 0.1) is 10.6 Å². The molecular formula is C17H15NO3S. The van der Waals surface area contributed by atoms with Crippen molar-refractivity contribution in [2.75, 3.05) is 4.31 Å². The van der Waals surface area contributed by atoms with E-state index in [0.717, 1.165) is 9.87 Å². The van der Waals surface area contributed by atoms with Crippen LogP contribution in [-0.2, 0) is 14.8 Å². The summed E-state index contributed by atoms with van der Waals surface area (Å²) in [5.74, 6) is 3.95. The van der Waals surface area contributed by atoms with Crippen LogP contribution in [-0.4, -0.2) is 14.3 Å². The second kappa shape index (κ2) is 6.46. The summed E-state index contributed by atoms with van der Waals surface area (Å²) in [6.07, 6.45) is 0. The first-order chi connectivity index (χ1) is 10.5. The lowest BCUT2D eigenvalue weighted by atomic mass is 10.2. The smallest absolute Gasteiger partial charge is 0.258 e. The van der Waals surface area contributed by atoms with Crippen LogP contribution in [0, 0.1) is 18.8 Å². The molecule has 0 fully saturated rings. The van der Waals surface area contributed by atoms with E-state index in [2.05, 4.69) is 11.8 Å². The molecule has 112 valence electrons. The number of anilines is 1. The molecule has 22 heavy (non-hydrogen) atoms. The van der Waals surface area contributed by atoms with Crippen molar-refractivity contribution in [1.29, 1.82) is 0 Å². The van der Waals surface area contributed by atoms with Crippen molar-refractivity contribution >= 4 is 21.6 Å². The van der Waals surface area contributed by atoms with Gasteiger partial charge in [0.2, 0.25) is 0 Å². The molecule has 0 heterocycles. The van der Waals surface area contributed by atoms with Gasteiger partial charge >= 0.3 is 5.91 Å². The molecule has 5 heteroatoms. The SMILES string of the molecule is CC#CC(=O)N(c1ccccc1)S(=O)(=O)c1ccc(C)cc1. The normalized spacial score (nSPS) is 10.5. The number of sulfonamides is 1. The number of rotatable bonds is 3. The van der Waals surface area contributed by atoms with Gasteiger partial charge in [0.1, 0.15) is 0 Å². The Morgan fingerprint density at radius 3 is 2.14 bits per heavy atom. The molecule has 0 aliphatic carbocycles. The van der Waals surface area contributed by atoms with Gasteiger partial charge in [-0.25, -0.2) is 8.42 Å². The molecule has 0 saturated heterocycles. The highest BCUT2D eigenvalue weighted by atomic mass is 32.2. The molecule has 2 rings (SSSR count). The highest BCUT2D eigenvalue weighted by Gasteiger charge is 2.29. The van der Waals surface area contributed by atoms with E-state index in [0.29, 0.717) is 0 Å². The second-order valence-electron chi connectivity index (χ2n) is 4.60. The van der Waals surface area contributed by atoms with E-state index in [1.165, 1.54) is 19.1 Å². The van der Waals surface area contributed by atoms with E-state index >= 15 is 0 Å². The summed E-state index contributed by atoms with van der Waals surface area (Å²) in [6, 6.07) is 14.5. The lowest BCUT2D eigenvalue weighted by molar-refractivity contribution is -0.112. The number of hydrogen-bond donors (Lipinski definition) is 0. The minimum Gasteiger partial charge on any atom is -0.258 e. The minimum atomic E-state index is -4.01. The Labute approximate surface area is 130 Å². The monoisotopic (exact) mass is 313 g/mol. The second-order valence-corrected chi connectivity index (χ2v) is 6.38. The van der Waals surface area contributed by atoms with Crippen molar-refractivity contribution in [3.63, 3.8) is 0 Å². The molecule has 0 aromatic heterocycles. The van der Waals surface area contributed by atoms with Crippen molar-refractivity contribution < 1.29 is 13.2 Å². The van der Waals surface area contributed by atoms with Crippen LogP contribution in [0.2, 0.25) is 0 Å². The van der Waals surface area contributed by atoms with E-state index in [4.69, 9.17) is 0 Å². The lowest BCUT2D eigenvalue weighted by Crippen LogP contribution is -2.36. The fourth-order valence-corrected chi connectivity index (χ4v) is 3.26. The van der Waals surface area contributed by atoms with Crippen molar-refractivity contribution in [2.24, 2.45) is 0 Å². The molecule has 0 atom stereocenters. The van der Waals surface area contributed by atoms with Crippen molar-refractivity contribution in [2.45, 2.75) is 18.7 Å². The Morgan fingerprint density at radius 1 is 1.00 bits per heavy atom. The Kier molecular flexibility index (Phi) is 4.64. The molecule has 2 aromatic carbocycles. The summed E-state index contributed by atoms with van der Waals surface area (Å²) in [4.78, 5) is 12.3. The van der Waals surface area contributed by atoms with Crippen LogP contribution >= 0.6 is 0 Å². The number of carbonyl (C=O) groups excluding carboxylic acids is 1. The standard InChI is InChI=1S/C17H15NO3S/c1-3-7-17(19)18(15-8-5-4-6-9-15)22(20,21)16-12-10-14(2)11-13-16/h4-6,8-13H,1-2H3. The van der Waals surface area contributed by atoms with Crippen LogP contribution in [0.3, 0.4) is 0 Å². The van der Waals surface area contributed by atoms with Gasteiger partial charge in [-0.1, -0.05) is 41.8 Å². The Hall–Kier alpha value is -2.58. The molecule has 4 nitrogen and oxygen atoms in total. The highest BCUT2D eigenvalue weighted by molar-refractivity contribution is 7.93. The van der Waals surface area contributed by atoms with Gasteiger partial charge in [0.15, 0.2) is 0 Å². The summed E-state index contributed by atoms with van der Waals surface area (Å²) in [5, 5.41) is 0. The first kappa shape index (κ1) is 15.8. The topological polar surface area (TPSA) is 54.5 Å². The Balaban J connectivity index is 2.59. The zero-order valence-electron chi connectivity index (χ0n) is 12.3. The highest BCUT2D eigenvalue weighted by Crippen LogP contribution is 2.23. The summed E-state index contributed by atoms with van der Waals surface area (Å²) >= 11 is 0. The quantitative estimate of drug-likeness (QED) is 0.819. The zero-order valence-corrected chi connectivity index (χ0v) is 13.1. The molecule has 0 N–H and O–H groups in total. The van der Waals surface area contributed by atoms with E-state index in [1.807, 2.05) is 6.92 Å². The molecule has 1 amide bonds. The summed E-state index contributed by atoms with van der Waals surface area (Å²) in [6.45, 7) is 3.35. The molecule has 0 radical (unpaired) electrons. The van der Waals surface area contributed by atoms with Gasteiger partial charge in [-0.15, -0.1) is 0 Å². The van der Waals surface area contributed by atoms with Crippen LogP contribution in [0.5, 0.6) is 0 Å². The minimum absolute atomic E-state index is 0.0493. The van der Waals surface area contributed by atoms with Crippen LogP contribution in [0.4, 0.5) is 5.69 Å². The number of aryl methyl sites for hydroxylation is 1. The number of benzene rings is 2. The van der Waals surface area contributed by atoms with Crippen molar-refractivity contribution in [3.05, 3.63) is 60.2 Å². The maximum Gasteiger partial charge on any atom is 0.316 e. The maximum absolute atomic E-state index is 12.8. The number of nitrogens with zero attached hydrogens (tertiary/aromatic N) is 1. The molecule has 0 saturated carbocycles. The molecule has 0 bridgehead atoms. The van der Waals surface area contributed by atoms with Gasteiger partial charge in [-0.05, 0) is 44.0 Å². The first-order valence-corrected chi connectivity index (χ1v) is 8.04. The number of carbonyl (C=O) groups is 1. The first-order valence-electron chi connectivity index (χ1n) is 6.60. The molecule has 0 unspecified atom stereocenters. The molecule has 0 aliphatic rings. The number of hydrogen-bond acceptors (Lipinski definition) is 3. The molecule has 0 spiro atoms. The van der Waals surface area contributed by atoms with Crippen molar-refractivity contribution in [1.82, 2.24) is 0 Å². The number of para-hydroxylation sites is 1. The van der Waals surface area contributed by atoms with Gasteiger partial charge in [-0.3, -0.25) is 4.79 Å². The molecule has 2 aromatic rings. The fraction of sp³-hybridized carbons (Fsp3) is 0.118. The largest absolute Gasteiger partial charge is 0.316 e. The number of amides is 1. The van der Waals surface area contributed by atoms with Crippen LogP contribution < -0.4 is 4.31 Å². The van der Waals surface area contributed by atoms with E-state index in [-0.39, 0.29) is 10.6 Å². The Morgan fingerprint density at radius 2 is 1.59 bits per heavy atom. The van der Waals surface area contributed by atoms with Crippen molar-refractivity contribution in [3.8, 4) is 11.8 Å². The van der Waals surface area contributed by atoms with Crippen LogP contribution in [0.15, 0.2) is 59.5 Å². The maximum atomic E-state index is 12.8. The average Bonchev–Trinajstić information content (AvgIpc) is 2.49. The van der Waals surface area contributed by atoms with Gasteiger partial charge in [0, 0.05) is 0 Å². The van der Waals surface area contributed by atoms with E-state index < -0.39 is 15.9 Å². The van der Waals surface area contributed by atoms with Crippen LogP contribution in [0.1, 0.15) is 12.5 Å². The third kappa shape index (κ3) is 3.18. The predicted octanol–water partition coefficient (Wildman–Crippen LogP) is 2.74. The fourth-order valence-electron chi connectivity index (χ4n) is 1.90. The Bertz CT molecular complexity index is 829. The summed E-state index contributed by atoms with van der Waals surface area (Å²) in [5.41, 5.74) is 1.20. The van der Waals surface area contributed by atoms with Gasteiger partial charge < -0.3 is 0 Å². The van der Waals surface area contributed by atoms with Crippen LogP contribution in [0.25, 0.3) is 0 Å². The zero-order chi connectivity index (χ0) is 16.2. The summed E-state index contributed by atoms with van der Waals surface area (Å²) < 4.78 is 26.3. The van der Waals surface area contributed by atoms with E-state index in [9.17, 15) is 13.2 Å².